The van der Waals surface area contributed by atoms with E-state index in [4.69, 9.17) is 9.15 Å². The number of allylic oxidation sites excluding steroid dienone is 2. The number of aromatic hydroxyl groups is 1. The molecule has 0 saturated heterocycles. The Labute approximate surface area is 250 Å². The average molecular weight is 594 g/mol. The van der Waals surface area contributed by atoms with Crippen molar-refractivity contribution in [3.63, 3.8) is 0 Å². The Morgan fingerprint density at radius 2 is 1.81 bits per heavy atom. The molecule has 230 valence electrons. The van der Waals surface area contributed by atoms with Gasteiger partial charge in [-0.3, -0.25) is 14.4 Å². The number of phenolic OH excluding ortho intramolecular Hbond substituents is 1. The minimum atomic E-state index is -1.13. The van der Waals surface area contributed by atoms with E-state index in [9.17, 15) is 29.4 Å². The molecule has 1 unspecified atom stereocenters. The molecular weight excluding hydrogens is 554 g/mol. The van der Waals surface area contributed by atoms with Gasteiger partial charge in [-0.1, -0.05) is 62.8 Å². The smallest absolute Gasteiger partial charge is 0.329 e. The monoisotopic (exact) mass is 593 g/mol. The maximum atomic E-state index is 13.5. The molecule has 0 spiro atoms. The van der Waals surface area contributed by atoms with Crippen molar-refractivity contribution in [2.24, 2.45) is 11.8 Å². The number of nitrogens with zero attached hydrogens (tertiary/aromatic N) is 1. The molecule has 0 saturated carbocycles. The highest BCUT2D eigenvalue weighted by Gasteiger charge is 2.30. The van der Waals surface area contributed by atoms with Crippen LogP contribution in [0.2, 0.25) is 0 Å². The van der Waals surface area contributed by atoms with Crippen LogP contribution in [0.1, 0.15) is 56.1 Å². The van der Waals surface area contributed by atoms with Crippen molar-refractivity contribution in [2.45, 2.75) is 65.2 Å². The number of cyclic esters (lactones) is 1. The van der Waals surface area contributed by atoms with E-state index < -0.39 is 30.1 Å². The summed E-state index contributed by atoms with van der Waals surface area (Å²) in [7, 11) is 0. The zero-order valence-electron chi connectivity index (χ0n) is 24.8. The summed E-state index contributed by atoms with van der Waals surface area (Å²) in [5.74, 6) is -2.49. The third-order valence-corrected chi connectivity index (χ3v) is 6.74. The van der Waals surface area contributed by atoms with Crippen molar-refractivity contribution in [3.05, 3.63) is 83.6 Å². The summed E-state index contributed by atoms with van der Waals surface area (Å²) in [4.78, 5) is 55.6. The number of esters is 1. The molecule has 11 heteroatoms. The number of Topliss-reactive ketones (excluding diaryl/α,β-unsaturated/α-hetero) is 1. The van der Waals surface area contributed by atoms with Gasteiger partial charge in [0.15, 0.2) is 5.69 Å². The van der Waals surface area contributed by atoms with Crippen LogP contribution in [0, 0.1) is 11.8 Å². The normalized spacial score (nSPS) is 26.0. The lowest BCUT2D eigenvalue weighted by Gasteiger charge is -2.28. The Balaban J connectivity index is 1.91. The Bertz CT molecular complexity index is 1370. The number of ether oxygens (including phenoxy) is 1. The number of aliphatic hydroxyl groups is 1. The van der Waals surface area contributed by atoms with E-state index in [0.717, 1.165) is 6.26 Å². The van der Waals surface area contributed by atoms with Crippen LogP contribution in [0.25, 0.3) is 0 Å². The van der Waals surface area contributed by atoms with E-state index in [2.05, 4.69) is 15.6 Å². The van der Waals surface area contributed by atoms with E-state index in [0.29, 0.717) is 11.1 Å². The lowest BCUT2D eigenvalue weighted by molar-refractivity contribution is -0.155. The number of rotatable bonds is 3. The standard InChI is InChI=1S/C32H39N3O8/c1-19(2)30-21(4)7-12-28(39)33-13-5-6-20(3)14-24(37)16-25(38)17-29-34-27(18-42-29)31(40)35-26(32(41)43-30)15-22-8-10-23(36)11-9-22/h5-12,14,18-19,21,24,26,30,36-37H,13,15-17H2,1-4H3,(H,33,39)(H,35,40)/b6-5+,12-7+,20-14+/t21-,24-,26-,30?/m1/s1. The van der Waals surface area contributed by atoms with E-state index >= 15 is 0 Å². The number of carbonyl (C=O) groups excluding carboxylic acids is 4. The predicted octanol–water partition coefficient (Wildman–Crippen LogP) is 2.98. The highest BCUT2D eigenvalue weighted by molar-refractivity contribution is 5.95. The van der Waals surface area contributed by atoms with Crippen molar-refractivity contribution in [1.82, 2.24) is 15.6 Å². The Hall–Kier alpha value is -4.51. The lowest BCUT2D eigenvalue weighted by atomic mass is 9.94. The van der Waals surface area contributed by atoms with Crippen LogP contribution in [0.4, 0.5) is 0 Å². The topological polar surface area (TPSA) is 168 Å². The van der Waals surface area contributed by atoms with Crippen molar-refractivity contribution < 1.29 is 38.5 Å². The molecule has 3 rings (SSSR count). The first-order valence-electron chi connectivity index (χ1n) is 14.2. The Morgan fingerprint density at radius 3 is 2.51 bits per heavy atom. The molecule has 2 heterocycles. The molecule has 1 aliphatic heterocycles. The van der Waals surface area contributed by atoms with Gasteiger partial charge in [-0.25, -0.2) is 9.78 Å². The number of aliphatic hydroxyl groups excluding tert-OH is 1. The van der Waals surface area contributed by atoms with Gasteiger partial charge in [0, 0.05) is 25.3 Å². The van der Waals surface area contributed by atoms with E-state index in [1.54, 1.807) is 37.3 Å². The summed E-state index contributed by atoms with van der Waals surface area (Å²) in [5, 5.41) is 25.3. The molecule has 2 aromatic rings. The van der Waals surface area contributed by atoms with Gasteiger partial charge in [-0.05, 0) is 36.6 Å². The summed E-state index contributed by atoms with van der Waals surface area (Å²) in [5.41, 5.74) is 1.23. The first-order valence-corrected chi connectivity index (χ1v) is 14.2. The van der Waals surface area contributed by atoms with Crippen LogP contribution in [0.3, 0.4) is 0 Å². The number of ketones is 1. The zero-order valence-corrected chi connectivity index (χ0v) is 24.8. The SMILES string of the molecule is CC1=C\[C@@H](O)CC(=O)Cc2nc(co2)C(=O)N[C@H](Cc2ccc(O)cc2)C(=O)OC(C(C)C)[C@H](C)/C=C/C(=O)NC\C=C\1. The fraction of sp³-hybridized carbons (Fsp3) is 0.406. The molecule has 0 radical (unpaired) electrons. The fourth-order valence-corrected chi connectivity index (χ4v) is 4.56. The van der Waals surface area contributed by atoms with Crippen LogP contribution < -0.4 is 10.6 Å². The zero-order chi connectivity index (χ0) is 31.5. The van der Waals surface area contributed by atoms with Crippen molar-refractivity contribution in [2.75, 3.05) is 6.54 Å². The molecule has 4 N–H and O–H groups in total. The summed E-state index contributed by atoms with van der Waals surface area (Å²) < 4.78 is 11.2. The fourth-order valence-electron chi connectivity index (χ4n) is 4.56. The Morgan fingerprint density at radius 1 is 1.09 bits per heavy atom. The van der Waals surface area contributed by atoms with Crippen LogP contribution in [-0.2, 0) is 32.0 Å². The molecule has 1 aliphatic rings. The van der Waals surface area contributed by atoms with Crippen LogP contribution >= 0.6 is 0 Å². The van der Waals surface area contributed by atoms with Gasteiger partial charge < -0.3 is 30.0 Å². The van der Waals surface area contributed by atoms with E-state index in [-0.39, 0.29) is 66.7 Å². The van der Waals surface area contributed by atoms with Gasteiger partial charge in [0.05, 0.1) is 12.5 Å². The van der Waals surface area contributed by atoms with Crippen LogP contribution in [-0.4, -0.2) is 63.6 Å². The van der Waals surface area contributed by atoms with Gasteiger partial charge in [0.2, 0.25) is 11.8 Å². The second-order valence-corrected chi connectivity index (χ2v) is 10.9. The first kappa shape index (κ1) is 33.0. The summed E-state index contributed by atoms with van der Waals surface area (Å²) in [6.45, 7) is 7.60. The number of hydrogen-bond acceptors (Lipinski definition) is 9. The third-order valence-electron chi connectivity index (χ3n) is 6.74. The minimum absolute atomic E-state index is 0.00442. The number of aromatic nitrogens is 1. The number of nitrogens with one attached hydrogen (secondary N) is 2. The molecule has 2 bridgehead atoms. The van der Waals surface area contributed by atoms with Gasteiger partial charge in [0.1, 0.15) is 29.9 Å². The van der Waals surface area contributed by atoms with Gasteiger partial charge in [-0.2, -0.15) is 0 Å². The minimum Gasteiger partial charge on any atom is -0.508 e. The first-order chi connectivity index (χ1) is 20.4. The molecule has 1 aromatic carbocycles. The summed E-state index contributed by atoms with van der Waals surface area (Å²) in [6.07, 6.45) is 7.09. The molecule has 4 atom stereocenters. The number of carbonyl (C=O) groups is 4. The summed E-state index contributed by atoms with van der Waals surface area (Å²) in [6, 6.07) is 5.07. The second-order valence-electron chi connectivity index (χ2n) is 10.9. The van der Waals surface area contributed by atoms with Gasteiger partial charge in [-0.15, -0.1) is 0 Å². The van der Waals surface area contributed by atoms with Crippen LogP contribution in [0.15, 0.2) is 70.9 Å². The molecule has 0 fully saturated rings. The number of oxazole rings is 1. The van der Waals surface area contributed by atoms with E-state index in [1.165, 1.54) is 24.3 Å². The van der Waals surface area contributed by atoms with Crippen LogP contribution in [0.5, 0.6) is 5.75 Å². The van der Waals surface area contributed by atoms with Crippen molar-refractivity contribution in [3.8, 4) is 5.75 Å². The Kier molecular flexibility index (Phi) is 12.0. The molecule has 1 aromatic heterocycles. The maximum absolute atomic E-state index is 13.5. The van der Waals surface area contributed by atoms with Gasteiger partial charge in [0.25, 0.3) is 5.91 Å². The molecule has 0 aliphatic carbocycles. The number of amides is 2. The van der Waals surface area contributed by atoms with Crippen molar-refractivity contribution >= 4 is 23.6 Å². The highest BCUT2D eigenvalue weighted by Crippen LogP contribution is 2.20. The molecule has 11 nitrogen and oxygen atoms in total. The molecule has 2 amide bonds. The quantitative estimate of drug-likeness (QED) is 0.391. The molecular formula is C32H39N3O8. The number of fused-ring (bicyclic) bond motifs is 2. The maximum Gasteiger partial charge on any atom is 0.329 e. The third kappa shape index (κ3) is 10.7. The predicted molar refractivity (Wildman–Crippen MR) is 158 cm³/mol. The number of hydrogen-bond donors (Lipinski definition) is 4. The molecule has 43 heavy (non-hydrogen) atoms. The summed E-state index contributed by atoms with van der Waals surface area (Å²) >= 11 is 0. The largest absolute Gasteiger partial charge is 0.508 e. The van der Waals surface area contributed by atoms with Gasteiger partial charge >= 0.3 is 5.97 Å². The number of benzene rings is 1. The lowest BCUT2D eigenvalue weighted by Crippen LogP contribution is -2.46. The van der Waals surface area contributed by atoms with E-state index in [1.807, 2.05) is 20.8 Å². The van der Waals surface area contributed by atoms with Crippen molar-refractivity contribution in [1.29, 1.82) is 0 Å². The number of phenols is 1. The second kappa shape index (κ2) is 15.6. The average Bonchev–Trinajstić information content (AvgIpc) is 3.41. The highest BCUT2D eigenvalue weighted by atomic mass is 16.5.